The number of rotatable bonds is 7. The molecule has 1 saturated carbocycles. The Balaban J connectivity index is 1.56. The van der Waals surface area contributed by atoms with Gasteiger partial charge >= 0.3 is 6.03 Å². The van der Waals surface area contributed by atoms with E-state index in [4.69, 9.17) is 4.52 Å². The van der Waals surface area contributed by atoms with E-state index in [1.54, 1.807) is 6.92 Å². The molecule has 1 aliphatic carbocycles. The van der Waals surface area contributed by atoms with Crippen molar-refractivity contribution in [1.29, 1.82) is 0 Å². The van der Waals surface area contributed by atoms with Crippen molar-refractivity contribution < 1.29 is 14.4 Å². The molecule has 1 fully saturated rings. The summed E-state index contributed by atoms with van der Waals surface area (Å²) in [6.45, 7) is 3.56. The number of nitrogens with zero attached hydrogens (tertiary/aromatic N) is 2. The van der Waals surface area contributed by atoms with Gasteiger partial charge in [-0.25, -0.2) is 4.79 Å². The Morgan fingerprint density at radius 3 is 2.76 bits per heavy atom. The highest BCUT2D eigenvalue weighted by Crippen LogP contribution is 2.39. The Hall–Kier alpha value is -2.41. The molecule has 1 heterocycles. The average Bonchev–Trinajstić information content (AvgIpc) is 3.36. The molecule has 3 N–H and O–H groups in total. The minimum atomic E-state index is -0.586. The molecule has 0 spiro atoms. The van der Waals surface area contributed by atoms with Crippen LogP contribution in [-0.4, -0.2) is 33.4 Å². The van der Waals surface area contributed by atoms with E-state index in [1.165, 1.54) is 0 Å². The molecule has 2 amide bonds. The quantitative estimate of drug-likeness (QED) is 0.715. The molecule has 1 aromatic carbocycles. The van der Waals surface area contributed by atoms with Crippen LogP contribution in [0, 0.1) is 5.92 Å². The molecule has 0 unspecified atom stereocenters. The molecule has 1 aliphatic rings. The average molecular weight is 344 g/mol. The molecule has 0 radical (unpaired) electrons. The van der Waals surface area contributed by atoms with Gasteiger partial charge in [-0.1, -0.05) is 35.5 Å². The number of hydrogen-bond acceptors (Lipinski definition) is 5. The zero-order valence-corrected chi connectivity index (χ0v) is 14.5. The maximum atomic E-state index is 12.2. The molecular weight excluding hydrogens is 320 g/mol. The lowest BCUT2D eigenvalue weighted by atomic mass is 9.97. The summed E-state index contributed by atoms with van der Waals surface area (Å²) < 4.78 is 5.26. The van der Waals surface area contributed by atoms with Crippen molar-refractivity contribution in [2.45, 2.75) is 44.7 Å². The lowest BCUT2D eigenvalue weighted by molar-refractivity contribution is 0.153. The molecule has 0 bridgehead atoms. The Morgan fingerprint density at radius 1 is 1.40 bits per heavy atom. The number of carbonyl (C=O) groups is 1. The summed E-state index contributed by atoms with van der Waals surface area (Å²) >= 11 is 0. The monoisotopic (exact) mass is 344 g/mol. The predicted octanol–water partition coefficient (Wildman–Crippen LogP) is 2.18. The molecule has 1 aromatic heterocycles. The van der Waals surface area contributed by atoms with Crippen LogP contribution in [0.1, 0.15) is 50.0 Å². The van der Waals surface area contributed by atoms with Crippen molar-refractivity contribution in [3.63, 3.8) is 0 Å². The fourth-order valence-corrected chi connectivity index (χ4v) is 2.84. The first-order valence-electron chi connectivity index (χ1n) is 8.56. The van der Waals surface area contributed by atoms with E-state index < -0.39 is 11.6 Å². The molecule has 134 valence electrons. The zero-order valence-electron chi connectivity index (χ0n) is 14.5. The summed E-state index contributed by atoms with van der Waals surface area (Å²) in [6.07, 6.45) is 2.63. The zero-order chi connectivity index (χ0) is 17.9. The van der Waals surface area contributed by atoms with Crippen molar-refractivity contribution in [3.8, 4) is 0 Å². The van der Waals surface area contributed by atoms with Gasteiger partial charge in [0.1, 0.15) is 6.04 Å². The van der Waals surface area contributed by atoms with Crippen LogP contribution in [0.25, 0.3) is 0 Å². The van der Waals surface area contributed by atoms with Crippen molar-refractivity contribution in [2.75, 3.05) is 6.61 Å². The van der Waals surface area contributed by atoms with Gasteiger partial charge in [-0.2, -0.15) is 4.98 Å². The number of benzene rings is 1. The van der Waals surface area contributed by atoms with Crippen LogP contribution in [0.15, 0.2) is 34.9 Å². The third kappa shape index (κ3) is 4.36. The fourth-order valence-electron chi connectivity index (χ4n) is 2.84. The van der Waals surface area contributed by atoms with Crippen LogP contribution in [0.3, 0.4) is 0 Å². The maximum absolute atomic E-state index is 12.2. The number of hydrogen-bond donors (Lipinski definition) is 3. The van der Waals surface area contributed by atoms with E-state index in [2.05, 4.69) is 20.8 Å². The van der Waals surface area contributed by atoms with Gasteiger partial charge in [0.05, 0.1) is 12.1 Å². The minimum absolute atomic E-state index is 0.0821. The SMILES string of the molecule is C[C@@H](NC(=O)N[C@@](C)(CO)C1CC1)c1nc(Cc2ccccc2)no1. The van der Waals surface area contributed by atoms with Crippen LogP contribution in [0.5, 0.6) is 0 Å². The van der Waals surface area contributed by atoms with E-state index in [1.807, 2.05) is 37.3 Å². The second kappa shape index (κ2) is 7.23. The molecule has 0 aliphatic heterocycles. The summed E-state index contributed by atoms with van der Waals surface area (Å²) in [6, 6.07) is 9.11. The minimum Gasteiger partial charge on any atom is -0.394 e. The van der Waals surface area contributed by atoms with Crippen molar-refractivity contribution in [2.24, 2.45) is 5.92 Å². The van der Waals surface area contributed by atoms with E-state index >= 15 is 0 Å². The highest BCUT2D eigenvalue weighted by atomic mass is 16.5. The summed E-state index contributed by atoms with van der Waals surface area (Å²) in [7, 11) is 0. The number of carbonyl (C=O) groups excluding carboxylic acids is 1. The van der Waals surface area contributed by atoms with Crippen LogP contribution in [-0.2, 0) is 6.42 Å². The first-order valence-corrected chi connectivity index (χ1v) is 8.56. The van der Waals surface area contributed by atoms with Crippen molar-refractivity contribution >= 4 is 6.03 Å². The van der Waals surface area contributed by atoms with E-state index in [0.717, 1.165) is 18.4 Å². The molecule has 3 rings (SSSR count). The topological polar surface area (TPSA) is 100 Å². The normalized spacial score (nSPS) is 17.6. The number of nitrogens with one attached hydrogen (secondary N) is 2. The molecule has 2 aromatic rings. The number of amides is 2. The molecule has 25 heavy (non-hydrogen) atoms. The predicted molar refractivity (Wildman–Crippen MR) is 91.8 cm³/mol. The molecule has 7 heteroatoms. The van der Waals surface area contributed by atoms with Gasteiger partial charge in [0, 0.05) is 6.42 Å². The van der Waals surface area contributed by atoms with Crippen LogP contribution < -0.4 is 10.6 Å². The lowest BCUT2D eigenvalue weighted by Gasteiger charge is -2.29. The van der Waals surface area contributed by atoms with Crippen molar-refractivity contribution in [3.05, 3.63) is 47.6 Å². The van der Waals surface area contributed by atoms with Gasteiger partial charge < -0.3 is 20.3 Å². The fraction of sp³-hybridized carbons (Fsp3) is 0.500. The summed E-state index contributed by atoms with van der Waals surface area (Å²) in [5, 5.41) is 19.2. The van der Waals surface area contributed by atoms with E-state index in [0.29, 0.717) is 24.1 Å². The first kappa shape index (κ1) is 17.4. The van der Waals surface area contributed by atoms with E-state index in [-0.39, 0.29) is 12.6 Å². The number of aromatic nitrogens is 2. The smallest absolute Gasteiger partial charge is 0.315 e. The Kier molecular flexibility index (Phi) is 5.03. The van der Waals surface area contributed by atoms with Gasteiger partial charge in [-0.3, -0.25) is 0 Å². The molecule has 0 saturated heterocycles. The van der Waals surface area contributed by atoms with Gasteiger partial charge in [0.2, 0.25) is 5.89 Å². The van der Waals surface area contributed by atoms with Crippen LogP contribution in [0.4, 0.5) is 4.79 Å². The first-order chi connectivity index (χ1) is 12.0. The largest absolute Gasteiger partial charge is 0.394 e. The maximum Gasteiger partial charge on any atom is 0.315 e. The Labute approximate surface area is 146 Å². The Morgan fingerprint density at radius 2 is 2.12 bits per heavy atom. The summed E-state index contributed by atoms with van der Waals surface area (Å²) in [5.74, 6) is 1.27. The molecule has 2 atom stereocenters. The Bertz CT molecular complexity index is 714. The summed E-state index contributed by atoms with van der Waals surface area (Å²) in [4.78, 5) is 16.6. The highest BCUT2D eigenvalue weighted by molar-refractivity contribution is 5.75. The third-order valence-corrected chi connectivity index (χ3v) is 4.61. The van der Waals surface area contributed by atoms with Crippen LogP contribution in [0.2, 0.25) is 0 Å². The third-order valence-electron chi connectivity index (χ3n) is 4.61. The van der Waals surface area contributed by atoms with Gasteiger partial charge in [0.15, 0.2) is 5.82 Å². The highest BCUT2D eigenvalue weighted by Gasteiger charge is 2.42. The van der Waals surface area contributed by atoms with Crippen molar-refractivity contribution in [1.82, 2.24) is 20.8 Å². The molecule has 7 nitrogen and oxygen atoms in total. The second-order valence-corrected chi connectivity index (χ2v) is 6.88. The van der Waals surface area contributed by atoms with Gasteiger partial charge in [-0.05, 0) is 38.2 Å². The lowest BCUT2D eigenvalue weighted by Crippen LogP contribution is -2.54. The number of urea groups is 1. The number of aliphatic hydroxyl groups is 1. The van der Waals surface area contributed by atoms with Crippen LogP contribution >= 0.6 is 0 Å². The second-order valence-electron chi connectivity index (χ2n) is 6.88. The summed E-state index contributed by atoms with van der Waals surface area (Å²) in [5.41, 5.74) is 0.508. The molecular formula is C18H24N4O3. The van der Waals surface area contributed by atoms with Gasteiger partial charge in [-0.15, -0.1) is 0 Å². The van der Waals surface area contributed by atoms with E-state index in [9.17, 15) is 9.90 Å². The number of aliphatic hydroxyl groups excluding tert-OH is 1. The standard InChI is InChI=1S/C18H24N4O3/c1-12(19-17(24)21-18(2,11-23)14-8-9-14)16-20-15(22-25-16)10-13-6-4-3-5-7-13/h3-7,12,14,23H,8-11H2,1-2H3,(H2,19,21,24)/t12-,18+/m1/s1. The van der Waals surface area contributed by atoms with Gasteiger partial charge in [0.25, 0.3) is 0 Å².